The summed E-state index contributed by atoms with van der Waals surface area (Å²) in [5.41, 5.74) is -0.926. The van der Waals surface area contributed by atoms with Crippen LogP contribution in [0.2, 0.25) is 0 Å². The van der Waals surface area contributed by atoms with E-state index < -0.39 is 5.41 Å². The third kappa shape index (κ3) is 3.33. The molecule has 0 N–H and O–H groups in total. The van der Waals surface area contributed by atoms with Crippen molar-refractivity contribution in [1.29, 1.82) is 0 Å². The first-order valence-corrected chi connectivity index (χ1v) is 5.59. The van der Waals surface area contributed by atoms with E-state index in [0.717, 1.165) is 0 Å². The van der Waals surface area contributed by atoms with E-state index in [1.54, 1.807) is 6.92 Å². The van der Waals surface area contributed by atoms with Crippen molar-refractivity contribution in [3.8, 4) is 0 Å². The Morgan fingerprint density at radius 3 is 2.07 bits per heavy atom. The fourth-order valence-electron chi connectivity index (χ4n) is 1.87. The zero-order valence-corrected chi connectivity index (χ0v) is 10.4. The summed E-state index contributed by atoms with van der Waals surface area (Å²) in [5.74, 6) is -0.149. The van der Waals surface area contributed by atoms with Crippen molar-refractivity contribution >= 4 is 11.8 Å². The molecule has 1 unspecified atom stereocenters. The maximum Gasteiger partial charge on any atom is 0.319 e. The first-order chi connectivity index (χ1) is 6.90. The van der Waals surface area contributed by atoms with Gasteiger partial charge in [-0.1, -0.05) is 20.8 Å². The Balaban J connectivity index is 4.96. The van der Waals surface area contributed by atoms with Gasteiger partial charge in [-0.15, -0.1) is 0 Å². The monoisotopic (exact) mass is 214 g/mol. The van der Waals surface area contributed by atoms with E-state index in [1.807, 2.05) is 20.8 Å². The van der Waals surface area contributed by atoms with Gasteiger partial charge in [0.1, 0.15) is 11.2 Å². The largest absolute Gasteiger partial charge is 0.465 e. The van der Waals surface area contributed by atoms with Gasteiger partial charge in [0.15, 0.2) is 0 Å². The lowest BCUT2D eigenvalue weighted by atomic mass is 9.75. The van der Waals surface area contributed by atoms with Crippen molar-refractivity contribution < 1.29 is 14.3 Å². The molecule has 0 aromatic carbocycles. The second-order valence-electron chi connectivity index (χ2n) is 4.31. The third-order valence-corrected chi connectivity index (χ3v) is 2.70. The van der Waals surface area contributed by atoms with Gasteiger partial charge in [-0.25, -0.2) is 0 Å². The van der Waals surface area contributed by atoms with Gasteiger partial charge in [0.2, 0.25) is 0 Å². The van der Waals surface area contributed by atoms with Crippen LogP contribution in [0.4, 0.5) is 0 Å². The van der Waals surface area contributed by atoms with Crippen molar-refractivity contribution in [1.82, 2.24) is 0 Å². The number of esters is 1. The van der Waals surface area contributed by atoms with Gasteiger partial charge in [-0.3, -0.25) is 9.59 Å². The van der Waals surface area contributed by atoms with Crippen LogP contribution in [0, 0.1) is 11.3 Å². The van der Waals surface area contributed by atoms with E-state index in [0.29, 0.717) is 25.4 Å². The summed E-state index contributed by atoms with van der Waals surface area (Å²) in [6.07, 6.45) is 1.08. The van der Waals surface area contributed by atoms with Crippen LogP contribution >= 0.6 is 0 Å². The highest BCUT2D eigenvalue weighted by Gasteiger charge is 2.43. The second-order valence-corrected chi connectivity index (χ2v) is 4.31. The van der Waals surface area contributed by atoms with Crippen LogP contribution < -0.4 is 0 Å². The van der Waals surface area contributed by atoms with E-state index in [-0.39, 0.29) is 11.8 Å². The van der Waals surface area contributed by atoms with Crippen molar-refractivity contribution in [3.63, 3.8) is 0 Å². The molecular weight excluding hydrogens is 192 g/mol. The molecule has 0 rings (SSSR count). The number of Topliss-reactive ketones (excluding diaryl/α,β-unsaturated/α-hetero) is 1. The molecule has 1 atom stereocenters. The molecule has 0 fully saturated rings. The first kappa shape index (κ1) is 14.1. The summed E-state index contributed by atoms with van der Waals surface area (Å²) in [6.45, 7) is 9.43. The second kappa shape index (κ2) is 5.89. The summed E-state index contributed by atoms with van der Waals surface area (Å²) in [7, 11) is 0. The molecule has 0 aromatic heterocycles. The van der Waals surface area contributed by atoms with E-state index in [4.69, 9.17) is 4.74 Å². The average molecular weight is 214 g/mol. The molecular formula is C12H22O3. The Bertz CT molecular complexity index is 233. The molecule has 0 saturated heterocycles. The van der Waals surface area contributed by atoms with Gasteiger partial charge in [0.05, 0.1) is 6.61 Å². The first-order valence-electron chi connectivity index (χ1n) is 5.59. The normalized spacial score (nSPS) is 14.8. The number of ketones is 1. The lowest BCUT2D eigenvalue weighted by Gasteiger charge is -2.29. The quantitative estimate of drug-likeness (QED) is 0.504. The molecule has 0 aliphatic carbocycles. The molecule has 3 heteroatoms. The molecule has 0 aliphatic heterocycles. The van der Waals surface area contributed by atoms with Crippen LogP contribution in [-0.2, 0) is 14.3 Å². The van der Waals surface area contributed by atoms with Crippen LogP contribution in [0.3, 0.4) is 0 Å². The Labute approximate surface area is 92.2 Å². The van der Waals surface area contributed by atoms with Gasteiger partial charge in [-0.2, -0.15) is 0 Å². The predicted molar refractivity (Wildman–Crippen MR) is 59.5 cm³/mol. The topological polar surface area (TPSA) is 43.4 Å². The molecule has 0 spiro atoms. The van der Waals surface area contributed by atoms with Crippen molar-refractivity contribution in [2.45, 2.75) is 47.5 Å². The molecule has 0 saturated carbocycles. The van der Waals surface area contributed by atoms with Crippen LogP contribution in [0.15, 0.2) is 0 Å². The van der Waals surface area contributed by atoms with Gasteiger partial charge in [0.25, 0.3) is 0 Å². The molecule has 15 heavy (non-hydrogen) atoms. The maximum atomic E-state index is 11.8. The molecule has 3 nitrogen and oxygen atoms in total. The minimum Gasteiger partial charge on any atom is -0.465 e. The van der Waals surface area contributed by atoms with Crippen LogP contribution in [0.1, 0.15) is 47.5 Å². The fraction of sp³-hybridized carbons (Fsp3) is 0.833. The SMILES string of the molecule is CCOC(=O)C(CC)(CC(C)C)C(C)=O. The summed E-state index contributed by atoms with van der Waals surface area (Å²) in [4.78, 5) is 23.5. The molecule has 0 aromatic rings. The molecule has 0 aliphatic rings. The molecule has 0 amide bonds. The Morgan fingerprint density at radius 1 is 1.27 bits per heavy atom. The van der Waals surface area contributed by atoms with E-state index in [1.165, 1.54) is 6.92 Å². The number of ether oxygens (including phenoxy) is 1. The summed E-state index contributed by atoms with van der Waals surface area (Å²) in [6, 6.07) is 0. The number of hydrogen-bond donors (Lipinski definition) is 0. The number of hydrogen-bond acceptors (Lipinski definition) is 3. The van der Waals surface area contributed by atoms with Gasteiger partial charge in [0, 0.05) is 0 Å². The smallest absolute Gasteiger partial charge is 0.319 e. The lowest BCUT2D eigenvalue weighted by Crippen LogP contribution is -2.40. The lowest BCUT2D eigenvalue weighted by molar-refractivity contribution is -0.161. The van der Waals surface area contributed by atoms with Crippen molar-refractivity contribution in [3.05, 3.63) is 0 Å². The van der Waals surface area contributed by atoms with E-state index in [2.05, 4.69) is 0 Å². The van der Waals surface area contributed by atoms with Gasteiger partial charge < -0.3 is 4.74 Å². The highest BCUT2D eigenvalue weighted by Crippen LogP contribution is 2.33. The fourth-order valence-corrected chi connectivity index (χ4v) is 1.87. The number of carbonyl (C=O) groups is 2. The number of rotatable bonds is 6. The molecule has 0 bridgehead atoms. The molecule has 0 heterocycles. The number of carbonyl (C=O) groups excluding carboxylic acids is 2. The minimum atomic E-state index is -0.926. The highest BCUT2D eigenvalue weighted by molar-refractivity contribution is 6.02. The maximum absolute atomic E-state index is 11.8. The van der Waals surface area contributed by atoms with Crippen LogP contribution in [0.25, 0.3) is 0 Å². The van der Waals surface area contributed by atoms with Crippen molar-refractivity contribution in [2.24, 2.45) is 11.3 Å². The van der Waals surface area contributed by atoms with Crippen LogP contribution in [0.5, 0.6) is 0 Å². The average Bonchev–Trinajstić information content (AvgIpc) is 2.13. The molecule has 0 radical (unpaired) electrons. The standard InChI is InChI=1S/C12H22O3/c1-6-12(10(5)13,8-9(3)4)11(14)15-7-2/h9H,6-8H2,1-5H3. The zero-order valence-electron chi connectivity index (χ0n) is 10.4. The van der Waals surface area contributed by atoms with Gasteiger partial charge in [-0.05, 0) is 32.6 Å². The van der Waals surface area contributed by atoms with Crippen LogP contribution in [-0.4, -0.2) is 18.4 Å². The van der Waals surface area contributed by atoms with Crippen molar-refractivity contribution in [2.75, 3.05) is 6.61 Å². The summed E-state index contributed by atoms with van der Waals surface area (Å²) >= 11 is 0. The highest BCUT2D eigenvalue weighted by atomic mass is 16.5. The molecule has 88 valence electrons. The Hall–Kier alpha value is -0.860. The Kier molecular flexibility index (Phi) is 5.55. The minimum absolute atomic E-state index is 0.0860. The van der Waals surface area contributed by atoms with E-state index in [9.17, 15) is 9.59 Å². The predicted octanol–water partition coefficient (Wildman–Crippen LogP) is 2.58. The summed E-state index contributed by atoms with van der Waals surface area (Å²) < 4.78 is 5.00. The third-order valence-electron chi connectivity index (χ3n) is 2.70. The van der Waals surface area contributed by atoms with Gasteiger partial charge >= 0.3 is 5.97 Å². The van der Waals surface area contributed by atoms with E-state index >= 15 is 0 Å². The Morgan fingerprint density at radius 2 is 1.80 bits per heavy atom. The summed E-state index contributed by atoms with van der Waals surface area (Å²) in [5, 5.41) is 0. The zero-order chi connectivity index (χ0) is 12.1.